The number of amides is 1. The van der Waals surface area contributed by atoms with E-state index in [2.05, 4.69) is 31.9 Å². The van der Waals surface area contributed by atoms with Gasteiger partial charge in [-0.1, -0.05) is 0 Å². The number of rotatable bonds is 4. The summed E-state index contributed by atoms with van der Waals surface area (Å²) in [6.45, 7) is 5.86. The second-order valence-corrected chi connectivity index (χ2v) is 8.76. The Hall–Kier alpha value is -0.400. The van der Waals surface area contributed by atoms with E-state index in [0.29, 0.717) is 5.56 Å². The van der Waals surface area contributed by atoms with Crippen LogP contribution in [0.3, 0.4) is 0 Å². The van der Waals surface area contributed by atoms with E-state index in [1.165, 1.54) is 11.3 Å². The van der Waals surface area contributed by atoms with Crippen LogP contribution in [0.15, 0.2) is 13.6 Å². The zero-order valence-corrected chi connectivity index (χ0v) is 14.9. The maximum atomic E-state index is 12.5. The summed E-state index contributed by atoms with van der Waals surface area (Å²) in [5.74, 6) is -1.07. The molecular formula is C12H15Br2NO3S. The molecule has 0 atom stereocenters. The van der Waals surface area contributed by atoms with Gasteiger partial charge in [-0.25, -0.2) is 0 Å². The van der Waals surface area contributed by atoms with Gasteiger partial charge in [-0.05, 0) is 58.7 Å². The van der Waals surface area contributed by atoms with Crippen molar-refractivity contribution in [3.63, 3.8) is 0 Å². The van der Waals surface area contributed by atoms with Crippen molar-refractivity contribution in [3.8, 4) is 0 Å². The fourth-order valence-electron chi connectivity index (χ4n) is 1.58. The van der Waals surface area contributed by atoms with Crippen LogP contribution in [0.4, 0.5) is 0 Å². The molecule has 0 fully saturated rings. The van der Waals surface area contributed by atoms with Gasteiger partial charge >= 0.3 is 5.97 Å². The molecule has 1 N–H and O–H groups in total. The van der Waals surface area contributed by atoms with Gasteiger partial charge in [0.15, 0.2) is 0 Å². The molecule has 0 aromatic carbocycles. The van der Waals surface area contributed by atoms with Crippen LogP contribution in [0.25, 0.3) is 0 Å². The third kappa shape index (κ3) is 4.57. The summed E-state index contributed by atoms with van der Waals surface area (Å²) in [4.78, 5) is 24.8. The maximum Gasteiger partial charge on any atom is 0.305 e. The summed E-state index contributed by atoms with van der Waals surface area (Å²) in [5.41, 5.74) is 0.123. The zero-order valence-electron chi connectivity index (χ0n) is 10.9. The van der Waals surface area contributed by atoms with Crippen molar-refractivity contribution < 1.29 is 14.7 Å². The first kappa shape index (κ1) is 16.7. The lowest BCUT2D eigenvalue weighted by molar-refractivity contribution is -0.137. The lowest BCUT2D eigenvalue weighted by atomic mass is 10.0. The molecule has 7 heteroatoms. The first-order valence-corrected chi connectivity index (χ1v) is 8.01. The van der Waals surface area contributed by atoms with Gasteiger partial charge in [-0.3, -0.25) is 9.59 Å². The summed E-state index contributed by atoms with van der Waals surface area (Å²) in [7, 11) is 0. The zero-order chi connectivity index (χ0) is 14.8. The highest BCUT2D eigenvalue weighted by molar-refractivity contribution is 9.12. The third-order valence-electron chi connectivity index (χ3n) is 2.49. The van der Waals surface area contributed by atoms with E-state index < -0.39 is 11.5 Å². The Balaban J connectivity index is 3.01. The molecule has 0 radical (unpaired) electrons. The highest BCUT2D eigenvalue weighted by Crippen LogP contribution is 2.33. The average molecular weight is 413 g/mol. The molecule has 0 unspecified atom stereocenters. The number of carboxylic acids is 1. The Morgan fingerprint density at radius 3 is 2.32 bits per heavy atom. The number of hydrogen-bond donors (Lipinski definition) is 1. The van der Waals surface area contributed by atoms with Crippen LogP contribution in [0, 0.1) is 0 Å². The normalized spacial score (nSPS) is 11.4. The average Bonchev–Trinajstić information content (AvgIpc) is 2.55. The SMILES string of the molecule is CC(C)(C)N(CCC(=O)O)C(=O)c1cc(Br)sc1Br. The number of aliphatic carboxylic acids is 1. The van der Waals surface area contributed by atoms with Crippen LogP contribution < -0.4 is 0 Å². The van der Waals surface area contributed by atoms with Gasteiger partial charge < -0.3 is 10.0 Å². The number of halogens is 2. The fourth-order valence-corrected chi connectivity index (χ4v) is 4.36. The monoisotopic (exact) mass is 411 g/mol. The number of nitrogens with zero attached hydrogens (tertiary/aromatic N) is 1. The van der Waals surface area contributed by atoms with Crippen molar-refractivity contribution in [2.24, 2.45) is 0 Å². The topological polar surface area (TPSA) is 57.6 Å². The van der Waals surface area contributed by atoms with Gasteiger partial charge in [0.2, 0.25) is 0 Å². The first-order chi connectivity index (χ1) is 8.62. The largest absolute Gasteiger partial charge is 0.481 e. The van der Waals surface area contributed by atoms with E-state index in [-0.39, 0.29) is 18.9 Å². The standard InChI is InChI=1S/C12H15Br2NO3S/c1-12(2,3)15(5-4-9(16)17)11(18)7-6-8(13)19-10(7)14/h6H,4-5H2,1-3H3,(H,16,17). The minimum atomic E-state index is -0.910. The Kier molecular flexibility index (Phi) is 5.58. The molecule has 0 saturated heterocycles. The van der Waals surface area contributed by atoms with Crippen LogP contribution in [-0.2, 0) is 4.79 Å². The van der Waals surface area contributed by atoms with Crippen molar-refractivity contribution in [1.82, 2.24) is 4.90 Å². The number of carbonyl (C=O) groups is 2. The number of carbonyl (C=O) groups excluding carboxylic acids is 1. The first-order valence-electron chi connectivity index (χ1n) is 5.61. The van der Waals surface area contributed by atoms with Gasteiger partial charge in [0.25, 0.3) is 5.91 Å². The minimum absolute atomic E-state index is 0.0636. The molecule has 19 heavy (non-hydrogen) atoms. The molecule has 4 nitrogen and oxygen atoms in total. The van der Waals surface area contributed by atoms with E-state index in [9.17, 15) is 9.59 Å². The molecule has 0 saturated carbocycles. The Bertz CT molecular complexity index is 494. The number of hydrogen-bond acceptors (Lipinski definition) is 3. The molecule has 1 aromatic rings. The second-order valence-electron chi connectivity index (χ2n) is 5.01. The summed E-state index contributed by atoms with van der Waals surface area (Å²) in [5, 5.41) is 8.79. The maximum absolute atomic E-state index is 12.5. The molecule has 106 valence electrons. The highest BCUT2D eigenvalue weighted by Gasteiger charge is 2.29. The Labute approximate surface area is 133 Å². The van der Waals surface area contributed by atoms with Gasteiger partial charge in [-0.15, -0.1) is 11.3 Å². The summed E-state index contributed by atoms with van der Waals surface area (Å²) >= 11 is 8.11. The predicted molar refractivity (Wildman–Crippen MR) is 82.8 cm³/mol. The minimum Gasteiger partial charge on any atom is -0.481 e. The van der Waals surface area contributed by atoms with Crippen LogP contribution in [0.2, 0.25) is 0 Å². The van der Waals surface area contributed by atoms with E-state index in [4.69, 9.17) is 5.11 Å². The Morgan fingerprint density at radius 1 is 1.37 bits per heavy atom. The number of thiophene rings is 1. The van der Waals surface area contributed by atoms with Crippen molar-refractivity contribution in [1.29, 1.82) is 0 Å². The lowest BCUT2D eigenvalue weighted by Crippen LogP contribution is -2.46. The molecule has 0 bridgehead atoms. The van der Waals surface area contributed by atoms with Gasteiger partial charge in [0.05, 0.1) is 19.6 Å². The van der Waals surface area contributed by atoms with Gasteiger partial charge in [0, 0.05) is 12.1 Å². The highest BCUT2D eigenvalue weighted by atomic mass is 79.9. The number of carboxylic acid groups (broad SMARTS) is 1. The quantitative estimate of drug-likeness (QED) is 0.813. The fraction of sp³-hybridized carbons (Fsp3) is 0.500. The molecule has 0 spiro atoms. The van der Waals surface area contributed by atoms with Crippen molar-refractivity contribution >= 4 is 55.1 Å². The second kappa shape index (κ2) is 6.37. The molecule has 1 aromatic heterocycles. The molecule has 1 heterocycles. The van der Waals surface area contributed by atoms with Crippen LogP contribution in [-0.4, -0.2) is 34.0 Å². The molecule has 0 aliphatic carbocycles. The van der Waals surface area contributed by atoms with Crippen molar-refractivity contribution in [2.45, 2.75) is 32.7 Å². The van der Waals surface area contributed by atoms with E-state index in [1.807, 2.05) is 20.8 Å². The summed E-state index contributed by atoms with van der Waals surface area (Å²) in [6, 6.07) is 1.75. The van der Waals surface area contributed by atoms with Gasteiger partial charge in [0.1, 0.15) is 0 Å². The summed E-state index contributed by atoms with van der Waals surface area (Å²) in [6.07, 6.45) is -0.0636. The van der Waals surface area contributed by atoms with Crippen LogP contribution in [0.1, 0.15) is 37.6 Å². The molecule has 0 aliphatic heterocycles. The third-order valence-corrected chi connectivity index (χ3v) is 4.83. The molecule has 1 rings (SSSR count). The van der Waals surface area contributed by atoms with Crippen LogP contribution >= 0.6 is 43.2 Å². The summed E-state index contributed by atoms with van der Waals surface area (Å²) < 4.78 is 1.60. The molecular weight excluding hydrogens is 398 g/mol. The lowest BCUT2D eigenvalue weighted by Gasteiger charge is -2.35. The van der Waals surface area contributed by atoms with Crippen LogP contribution in [0.5, 0.6) is 0 Å². The van der Waals surface area contributed by atoms with E-state index in [0.717, 1.165) is 7.57 Å². The van der Waals surface area contributed by atoms with Crippen molar-refractivity contribution in [2.75, 3.05) is 6.54 Å². The van der Waals surface area contributed by atoms with Gasteiger partial charge in [-0.2, -0.15) is 0 Å². The van der Waals surface area contributed by atoms with E-state index >= 15 is 0 Å². The molecule has 1 amide bonds. The molecule has 0 aliphatic rings. The van der Waals surface area contributed by atoms with Crippen molar-refractivity contribution in [3.05, 3.63) is 19.2 Å². The predicted octanol–water partition coefficient (Wildman–Crippen LogP) is 3.99. The Morgan fingerprint density at radius 2 is 1.95 bits per heavy atom. The van der Waals surface area contributed by atoms with E-state index in [1.54, 1.807) is 11.0 Å². The smallest absolute Gasteiger partial charge is 0.305 e.